The maximum atomic E-state index is 13.2. The molecule has 1 amide bonds. The highest BCUT2D eigenvalue weighted by Crippen LogP contribution is 2.34. The number of benzene rings is 1. The lowest BCUT2D eigenvalue weighted by molar-refractivity contribution is -0.113. The third-order valence-electron chi connectivity index (χ3n) is 4.28. The summed E-state index contributed by atoms with van der Waals surface area (Å²) < 4.78 is 1.61. The van der Waals surface area contributed by atoms with Crippen molar-refractivity contribution in [1.82, 2.24) is 19.7 Å². The van der Waals surface area contributed by atoms with E-state index in [9.17, 15) is 9.59 Å². The van der Waals surface area contributed by atoms with E-state index in [2.05, 4.69) is 22.4 Å². The first kappa shape index (κ1) is 20.1. The van der Waals surface area contributed by atoms with Crippen molar-refractivity contribution >= 4 is 45.9 Å². The van der Waals surface area contributed by atoms with E-state index in [1.54, 1.807) is 16.3 Å². The van der Waals surface area contributed by atoms with Gasteiger partial charge in [0.2, 0.25) is 11.0 Å². The molecule has 4 rings (SSSR count). The Balaban J connectivity index is 1.64. The first-order valence-electron chi connectivity index (χ1n) is 9.03. The van der Waals surface area contributed by atoms with E-state index in [0.717, 1.165) is 28.4 Å². The Morgan fingerprint density at radius 2 is 2.03 bits per heavy atom. The van der Waals surface area contributed by atoms with Gasteiger partial charge in [0.15, 0.2) is 5.16 Å². The quantitative estimate of drug-likeness (QED) is 0.475. The minimum atomic E-state index is -0.209. The minimum Gasteiger partial charge on any atom is -0.300 e. The summed E-state index contributed by atoms with van der Waals surface area (Å²) in [5.41, 5.74) is 2.60. The molecule has 1 aliphatic rings. The van der Waals surface area contributed by atoms with Crippen molar-refractivity contribution in [2.75, 3.05) is 11.1 Å². The molecule has 0 saturated carbocycles. The summed E-state index contributed by atoms with van der Waals surface area (Å²) in [7, 11) is 0. The van der Waals surface area contributed by atoms with Gasteiger partial charge in [0.05, 0.1) is 22.0 Å². The summed E-state index contributed by atoms with van der Waals surface area (Å²) in [4.78, 5) is 31.0. The Labute approximate surface area is 180 Å². The number of fused-ring (bicyclic) bond motifs is 1. The first-order valence-corrected chi connectivity index (χ1v) is 11.7. The largest absolute Gasteiger partial charge is 0.300 e. The molecule has 0 saturated heterocycles. The molecule has 0 bridgehead atoms. The van der Waals surface area contributed by atoms with Crippen LogP contribution in [0.5, 0.6) is 0 Å². The van der Waals surface area contributed by atoms with Gasteiger partial charge in [-0.25, -0.2) is 4.98 Å². The number of thioether (sulfide) groups is 2. The SMILES string of the molecule is Cc1ccc(-n2c(SCC(=O)Nc3nnc(C)s3)nc3c(c2=O)S[C@@H](C)C3)cc1. The summed E-state index contributed by atoms with van der Waals surface area (Å²) in [6.07, 6.45) is 0.758. The second-order valence-electron chi connectivity index (χ2n) is 6.74. The van der Waals surface area contributed by atoms with E-state index >= 15 is 0 Å². The number of aromatic nitrogens is 4. The number of nitrogens with zero attached hydrogens (tertiary/aromatic N) is 4. The van der Waals surface area contributed by atoms with Crippen LogP contribution in [0.2, 0.25) is 0 Å². The summed E-state index contributed by atoms with van der Waals surface area (Å²) in [5, 5.41) is 12.6. The van der Waals surface area contributed by atoms with Gasteiger partial charge >= 0.3 is 0 Å². The smallest absolute Gasteiger partial charge is 0.272 e. The molecule has 0 unspecified atom stereocenters. The van der Waals surface area contributed by atoms with Gasteiger partial charge in [-0.2, -0.15) is 0 Å². The second-order valence-corrected chi connectivity index (χ2v) is 10.3. The third-order valence-corrected chi connectivity index (χ3v) is 7.19. The molecule has 0 fully saturated rings. The number of aryl methyl sites for hydroxylation is 2. The van der Waals surface area contributed by atoms with Crippen LogP contribution in [0.4, 0.5) is 5.13 Å². The highest BCUT2D eigenvalue weighted by atomic mass is 32.2. The highest BCUT2D eigenvalue weighted by molar-refractivity contribution is 8.00. The van der Waals surface area contributed by atoms with Crippen molar-refractivity contribution in [1.29, 1.82) is 0 Å². The number of nitrogens with one attached hydrogen (secondary N) is 1. The number of carbonyl (C=O) groups excluding carboxylic acids is 1. The third kappa shape index (κ3) is 4.39. The fourth-order valence-electron chi connectivity index (χ4n) is 2.95. The maximum Gasteiger partial charge on any atom is 0.272 e. The van der Waals surface area contributed by atoms with Crippen molar-refractivity contribution in [3.8, 4) is 5.69 Å². The standard InChI is InChI=1S/C19H19N5O2S3/c1-10-4-6-13(7-5-10)24-17(26)16-14(8-11(2)28-16)20-19(24)27-9-15(25)21-18-23-22-12(3)29-18/h4-7,11H,8-9H2,1-3H3,(H,21,23,25)/t11-/m0/s1. The molecule has 1 aromatic carbocycles. The molecule has 3 heterocycles. The van der Waals surface area contributed by atoms with Crippen molar-refractivity contribution in [2.45, 2.75) is 42.5 Å². The molecule has 7 nitrogen and oxygen atoms in total. The van der Waals surface area contributed by atoms with Gasteiger partial charge in [0, 0.05) is 11.7 Å². The molecule has 150 valence electrons. The van der Waals surface area contributed by atoms with Crippen molar-refractivity contribution in [3.05, 3.63) is 50.9 Å². The Morgan fingerprint density at radius 3 is 2.72 bits per heavy atom. The fraction of sp³-hybridized carbons (Fsp3) is 0.316. The minimum absolute atomic E-state index is 0.0733. The van der Waals surface area contributed by atoms with Gasteiger partial charge in [-0.05, 0) is 26.0 Å². The Hall–Kier alpha value is -2.17. The molecule has 29 heavy (non-hydrogen) atoms. The summed E-state index contributed by atoms with van der Waals surface area (Å²) >= 11 is 4.14. The zero-order valence-electron chi connectivity index (χ0n) is 16.1. The normalized spacial score (nSPS) is 15.3. The van der Waals surface area contributed by atoms with E-state index in [4.69, 9.17) is 4.98 Å². The van der Waals surface area contributed by atoms with Crippen molar-refractivity contribution in [3.63, 3.8) is 0 Å². The molecule has 10 heteroatoms. The molecular weight excluding hydrogens is 426 g/mol. The topological polar surface area (TPSA) is 89.8 Å². The molecule has 0 spiro atoms. The number of anilines is 1. The number of amides is 1. The lowest BCUT2D eigenvalue weighted by atomic mass is 10.2. The molecule has 1 N–H and O–H groups in total. The van der Waals surface area contributed by atoms with Crippen LogP contribution in [0.25, 0.3) is 5.69 Å². The Bertz CT molecular complexity index is 1120. The predicted octanol–water partition coefficient (Wildman–Crippen LogP) is 3.47. The first-order chi connectivity index (χ1) is 13.9. The van der Waals surface area contributed by atoms with Gasteiger partial charge in [-0.1, -0.05) is 47.7 Å². The van der Waals surface area contributed by atoms with Crippen LogP contribution in [0.15, 0.2) is 39.1 Å². The predicted molar refractivity (Wildman–Crippen MR) is 118 cm³/mol. The van der Waals surface area contributed by atoms with Crippen LogP contribution < -0.4 is 10.9 Å². The highest BCUT2D eigenvalue weighted by Gasteiger charge is 2.27. The average Bonchev–Trinajstić information content (AvgIpc) is 3.26. The van der Waals surface area contributed by atoms with E-state index in [-0.39, 0.29) is 17.2 Å². The van der Waals surface area contributed by atoms with Gasteiger partial charge in [-0.15, -0.1) is 22.0 Å². The monoisotopic (exact) mass is 445 g/mol. The number of carbonyl (C=O) groups is 1. The molecule has 1 aliphatic heterocycles. The van der Waals surface area contributed by atoms with Crippen molar-refractivity contribution in [2.24, 2.45) is 0 Å². The van der Waals surface area contributed by atoms with Crippen LogP contribution in [-0.4, -0.2) is 36.7 Å². The average molecular weight is 446 g/mol. The van der Waals surface area contributed by atoms with E-state index in [1.165, 1.54) is 23.1 Å². The number of hydrogen-bond acceptors (Lipinski definition) is 8. The number of hydrogen-bond donors (Lipinski definition) is 1. The van der Waals surface area contributed by atoms with E-state index in [0.29, 0.717) is 20.4 Å². The second kappa shape index (κ2) is 8.29. The number of rotatable bonds is 5. The van der Waals surface area contributed by atoms with E-state index < -0.39 is 0 Å². The van der Waals surface area contributed by atoms with Crippen molar-refractivity contribution < 1.29 is 4.79 Å². The van der Waals surface area contributed by atoms with Crippen LogP contribution in [0, 0.1) is 13.8 Å². The van der Waals surface area contributed by atoms with Crippen LogP contribution >= 0.6 is 34.9 Å². The fourth-order valence-corrected chi connectivity index (χ4v) is 5.48. The molecular formula is C19H19N5O2S3. The van der Waals surface area contributed by atoms with Gasteiger partial charge in [0.1, 0.15) is 5.01 Å². The van der Waals surface area contributed by atoms with Crippen LogP contribution in [0.1, 0.15) is 23.2 Å². The lowest BCUT2D eigenvalue weighted by Crippen LogP contribution is -2.24. The van der Waals surface area contributed by atoms with Crippen LogP contribution in [0.3, 0.4) is 0 Å². The lowest BCUT2D eigenvalue weighted by Gasteiger charge is -2.13. The molecule has 3 aromatic rings. The molecule has 0 aliphatic carbocycles. The Morgan fingerprint density at radius 1 is 1.28 bits per heavy atom. The van der Waals surface area contributed by atoms with Gasteiger partial charge in [0.25, 0.3) is 5.56 Å². The molecule has 1 atom stereocenters. The van der Waals surface area contributed by atoms with Crippen LogP contribution in [-0.2, 0) is 11.2 Å². The Kier molecular flexibility index (Phi) is 5.75. The summed E-state index contributed by atoms with van der Waals surface area (Å²) in [6, 6.07) is 7.73. The maximum absolute atomic E-state index is 13.2. The van der Waals surface area contributed by atoms with E-state index in [1.807, 2.05) is 38.1 Å². The zero-order chi connectivity index (χ0) is 20.5. The van der Waals surface area contributed by atoms with Gasteiger partial charge in [-0.3, -0.25) is 19.5 Å². The van der Waals surface area contributed by atoms with Gasteiger partial charge < -0.3 is 0 Å². The molecule has 0 radical (unpaired) electrons. The zero-order valence-corrected chi connectivity index (χ0v) is 18.6. The summed E-state index contributed by atoms with van der Waals surface area (Å²) in [6.45, 7) is 5.92. The molecule has 2 aromatic heterocycles. The summed E-state index contributed by atoms with van der Waals surface area (Å²) in [5.74, 6) is -0.0857.